The molecule has 0 saturated heterocycles. The van der Waals surface area contributed by atoms with Crippen molar-refractivity contribution in [2.24, 2.45) is 0 Å². The van der Waals surface area contributed by atoms with Gasteiger partial charge in [-0.05, 0) is 23.3 Å². The van der Waals surface area contributed by atoms with Crippen molar-refractivity contribution in [3.05, 3.63) is 59.7 Å². The van der Waals surface area contributed by atoms with Gasteiger partial charge in [0.15, 0.2) is 0 Å². The van der Waals surface area contributed by atoms with Crippen LogP contribution in [-0.4, -0.2) is 34.1 Å². The summed E-state index contributed by atoms with van der Waals surface area (Å²) in [7, 11) is 0. The van der Waals surface area contributed by atoms with Crippen molar-refractivity contribution in [2.75, 3.05) is 12.3 Å². The number of hydrogen-bond donors (Lipinski definition) is 5. The Morgan fingerprint density at radius 3 is 2.54 bits per heavy atom. The van der Waals surface area contributed by atoms with E-state index in [9.17, 15) is 20.1 Å². The van der Waals surface area contributed by atoms with Crippen molar-refractivity contribution in [2.45, 2.75) is 18.8 Å². The van der Waals surface area contributed by atoms with E-state index in [0.717, 1.165) is 5.56 Å². The summed E-state index contributed by atoms with van der Waals surface area (Å²) in [6.45, 7) is -0.0879. The van der Waals surface area contributed by atoms with Gasteiger partial charge in [0.05, 0.1) is 5.69 Å². The lowest BCUT2D eigenvalue weighted by molar-refractivity contribution is 0.0184. The molecule has 2 rings (SSSR count). The van der Waals surface area contributed by atoms with Crippen molar-refractivity contribution < 1.29 is 24.9 Å². The quantitative estimate of drug-likeness (QED) is 0.401. The summed E-state index contributed by atoms with van der Waals surface area (Å²) in [5, 5.41) is 31.7. The lowest BCUT2D eigenvalue weighted by Crippen LogP contribution is -2.35. The zero-order valence-corrected chi connectivity index (χ0v) is 12.9. The Labute approximate surface area is 139 Å². The molecule has 2 unspecified atom stereocenters. The number of phenolic OH excluding ortho intramolecular Hbond substituents is 1. The maximum absolute atomic E-state index is 11.6. The van der Waals surface area contributed by atoms with E-state index in [1.54, 1.807) is 0 Å². The normalized spacial score (nSPS) is 13.1. The number of nitrogens with one attached hydrogen (secondary N) is 1. The second-order valence-corrected chi connectivity index (χ2v) is 5.27. The number of hydrogen-bond acceptors (Lipinski definition) is 6. The second-order valence-electron chi connectivity index (χ2n) is 5.27. The number of aliphatic hydroxyl groups excluding tert-OH is 2. The van der Waals surface area contributed by atoms with Gasteiger partial charge in [-0.3, -0.25) is 0 Å². The highest BCUT2D eigenvalue weighted by Gasteiger charge is 2.20. The summed E-state index contributed by atoms with van der Waals surface area (Å²) in [6, 6.07) is 13.3. The number of aromatic hydroxyl groups is 1. The molecule has 0 aliphatic carbocycles. The molecule has 128 valence electrons. The number of ether oxygens (including phenoxy) is 1. The second kappa shape index (κ2) is 8.19. The number of amides is 1. The fourth-order valence-electron chi connectivity index (χ4n) is 2.05. The number of phenols is 1. The molecule has 7 nitrogen and oxygen atoms in total. The van der Waals surface area contributed by atoms with Gasteiger partial charge in [-0.1, -0.05) is 36.4 Å². The Morgan fingerprint density at radius 2 is 1.88 bits per heavy atom. The smallest absolute Gasteiger partial charge is 0.407 e. The number of benzene rings is 2. The number of carbonyl (C=O) groups excluding carboxylic acids is 1. The Hall–Kier alpha value is -2.77. The number of nitrogen functional groups attached to an aromatic ring is 1. The average molecular weight is 332 g/mol. The Bertz CT molecular complexity index is 678. The highest BCUT2D eigenvalue weighted by Crippen LogP contribution is 2.25. The van der Waals surface area contributed by atoms with E-state index in [4.69, 9.17) is 10.5 Å². The van der Waals surface area contributed by atoms with E-state index in [1.165, 1.54) is 18.2 Å². The van der Waals surface area contributed by atoms with Crippen molar-refractivity contribution in [1.82, 2.24) is 5.32 Å². The van der Waals surface area contributed by atoms with E-state index >= 15 is 0 Å². The minimum Gasteiger partial charge on any atom is -0.506 e. The van der Waals surface area contributed by atoms with Gasteiger partial charge in [-0.25, -0.2) is 4.79 Å². The van der Waals surface area contributed by atoms with E-state index in [0.29, 0.717) is 5.56 Å². The monoisotopic (exact) mass is 332 g/mol. The van der Waals surface area contributed by atoms with E-state index in [1.807, 2.05) is 30.3 Å². The molecule has 0 spiro atoms. The summed E-state index contributed by atoms with van der Waals surface area (Å²) in [4.78, 5) is 11.6. The van der Waals surface area contributed by atoms with Gasteiger partial charge in [0, 0.05) is 6.54 Å². The molecule has 0 aliphatic rings. The first-order valence-corrected chi connectivity index (χ1v) is 7.36. The molecule has 2 aromatic carbocycles. The Kier molecular flexibility index (Phi) is 6.00. The number of rotatable bonds is 6. The van der Waals surface area contributed by atoms with Crippen LogP contribution in [0.3, 0.4) is 0 Å². The van der Waals surface area contributed by atoms with Gasteiger partial charge in [0.1, 0.15) is 24.6 Å². The molecular weight excluding hydrogens is 312 g/mol. The minimum absolute atomic E-state index is 0.0916. The Balaban J connectivity index is 1.80. The maximum Gasteiger partial charge on any atom is 0.407 e. The molecule has 0 fully saturated rings. The van der Waals surface area contributed by atoms with Crippen LogP contribution < -0.4 is 11.1 Å². The van der Waals surface area contributed by atoms with Crippen molar-refractivity contribution in [1.29, 1.82) is 0 Å². The first-order valence-electron chi connectivity index (χ1n) is 7.36. The molecule has 0 aromatic heterocycles. The molecule has 0 aliphatic heterocycles. The topological polar surface area (TPSA) is 125 Å². The Morgan fingerprint density at radius 1 is 1.17 bits per heavy atom. The van der Waals surface area contributed by atoms with Crippen molar-refractivity contribution >= 4 is 11.8 Å². The predicted molar refractivity (Wildman–Crippen MR) is 88.1 cm³/mol. The summed E-state index contributed by atoms with van der Waals surface area (Å²) in [6.07, 6.45) is -3.21. The van der Waals surface area contributed by atoms with Gasteiger partial charge in [0.25, 0.3) is 0 Å². The van der Waals surface area contributed by atoms with Crippen LogP contribution in [0.4, 0.5) is 10.5 Å². The van der Waals surface area contributed by atoms with Crippen molar-refractivity contribution in [3.8, 4) is 5.75 Å². The highest BCUT2D eigenvalue weighted by molar-refractivity contribution is 5.67. The van der Waals surface area contributed by atoms with Crippen LogP contribution in [0, 0.1) is 0 Å². The van der Waals surface area contributed by atoms with Crippen molar-refractivity contribution in [3.63, 3.8) is 0 Å². The largest absolute Gasteiger partial charge is 0.506 e. The van der Waals surface area contributed by atoms with Gasteiger partial charge < -0.3 is 31.1 Å². The summed E-state index contributed by atoms with van der Waals surface area (Å²) in [5.41, 5.74) is 6.81. The van der Waals surface area contributed by atoms with Crippen LogP contribution in [0.2, 0.25) is 0 Å². The number of anilines is 1. The first-order chi connectivity index (χ1) is 11.5. The SMILES string of the molecule is Nc1cc(C(O)C(O)CNC(=O)OCc2ccccc2)ccc1O. The number of alkyl carbamates (subject to hydrolysis) is 1. The van der Waals surface area contributed by atoms with Gasteiger partial charge >= 0.3 is 6.09 Å². The third-order valence-electron chi connectivity index (χ3n) is 3.43. The van der Waals surface area contributed by atoms with Gasteiger partial charge in [-0.15, -0.1) is 0 Å². The highest BCUT2D eigenvalue weighted by atomic mass is 16.5. The molecule has 7 heteroatoms. The maximum atomic E-state index is 11.6. The van der Waals surface area contributed by atoms with Crippen LogP contribution in [0.25, 0.3) is 0 Å². The summed E-state index contributed by atoms with van der Waals surface area (Å²) >= 11 is 0. The molecule has 2 aromatic rings. The molecule has 2 atom stereocenters. The third kappa shape index (κ3) is 4.87. The van der Waals surface area contributed by atoms with Crippen LogP contribution >= 0.6 is 0 Å². The van der Waals surface area contributed by atoms with E-state index in [2.05, 4.69) is 5.32 Å². The molecule has 0 radical (unpaired) electrons. The number of aliphatic hydroxyl groups is 2. The molecule has 6 N–H and O–H groups in total. The molecule has 24 heavy (non-hydrogen) atoms. The fourth-order valence-corrected chi connectivity index (χ4v) is 2.05. The number of carbonyl (C=O) groups is 1. The van der Waals surface area contributed by atoms with Crippen LogP contribution in [-0.2, 0) is 11.3 Å². The predicted octanol–water partition coefficient (Wildman–Crippen LogP) is 1.30. The minimum atomic E-state index is -1.26. The zero-order chi connectivity index (χ0) is 17.5. The van der Waals surface area contributed by atoms with Crippen LogP contribution in [0.5, 0.6) is 5.75 Å². The van der Waals surface area contributed by atoms with E-state index < -0.39 is 18.3 Å². The van der Waals surface area contributed by atoms with E-state index in [-0.39, 0.29) is 24.6 Å². The molecular formula is C17H20N2O5. The molecule has 0 bridgehead atoms. The first kappa shape index (κ1) is 17.6. The van der Waals surface area contributed by atoms with Crippen LogP contribution in [0.15, 0.2) is 48.5 Å². The third-order valence-corrected chi connectivity index (χ3v) is 3.43. The molecule has 0 heterocycles. The lowest BCUT2D eigenvalue weighted by Gasteiger charge is -2.19. The molecule has 1 amide bonds. The lowest BCUT2D eigenvalue weighted by atomic mass is 10.0. The van der Waals surface area contributed by atoms with Gasteiger partial charge in [-0.2, -0.15) is 0 Å². The average Bonchev–Trinajstić information content (AvgIpc) is 2.60. The summed E-state index contributed by atoms with van der Waals surface area (Å²) < 4.78 is 5.00. The van der Waals surface area contributed by atoms with Gasteiger partial charge in [0.2, 0.25) is 0 Å². The number of nitrogens with two attached hydrogens (primary N) is 1. The summed E-state index contributed by atoms with van der Waals surface area (Å²) in [5.74, 6) is -0.108. The fraction of sp³-hybridized carbons (Fsp3) is 0.235. The van der Waals surface area contributed by atoms with Crippen LogP contribution in [0.1, 0.15) is 17.2 Å². The zero-order valence-electron chi connectivity index (χ0n) is 12.9. The standard InChI is InChI=1S/C17H20N2O5/c18-13-8-12(6-7-14(13)20)16(22)15(21)9-19-17(23)24-10-11-4-2-1-3-5-11/h1-8,15-16,20-22H,9-10,18H2,(H,19,23). The molecule has 0 saturated carbocycles.